The maximum atomic E-state index is 12.2. The van der Waals surface area contributed by atoms with E-state index in [2.05, 4.69) is 0 Å². The molecule has 0 bridgehead atoms. The summed E-state index contributed by atoms with van der Waals surface area (Å²) in [4.78, 5) is 25.5. The summed E-state index contributed by atoms with van der Waals surface area (Å²) in [6.45, 7) is 2.56. The molecule has 2 unspecified atom stereocenters. The monoisotopic (exact) mass is 265 g/mol. The first-order valence-corrected chi connectivity index (χ1v) is 6.39. The van der Waals surface area contributed by atoms with Gasteiger partial charge >= 0.3 is 0 Å². The fraction of sp³-hybridized carbons (Fsp3) is 0.538. The van der Waals surface area contributed by atoms with Crippen LogP contribution in [0.25, 0.3) is 0 Å². The second-order valence-electron chi connectivity index (χ2n) is 5.03. The zero-order valence-electron chi connectivity index (χ0n) is 11.0. The molecule has 6 heteroatoms. The second kappa shape index (κ2) is 5.44. The van der Waals surface area contributed by atoms with Crippen LogP contribution in [0.1, 0.15) is 13.3 Å². The first kappa shape index (κ1) is 13.6. The predicted molar refractivity (Wildman–Crippen MR) is 71.5 cm³/mol. The van der Waals surface area contributed by atoms with Gasteiger partial charge in [0.05, 0.1) is 12.6 Å². The van der Waals surface area contributed by atoms with E-state index in [0.29, 0.717) is 12.2 Å². The highest BCUT2D eigenvalue weighted by molar-refractivity contribution is 5.76. The summed E-state index contributed by atoms with van der Waals surface area (Å²) in [5.74, 6) is 0.127. The van der Waals surface area contributed by atoms with Gasteiger partial charge in [-0.25, -0.2) is 0 Å². The SMILES string of the molecule is CC1CCN(C(=O)Cn2cc(N)ccc2=O)C1CO. The number of nitrogens with two attached hydrogens (primary N) is 1. The number of aliphatic hydroxyl groups is 1. The largest absolute Gasteiger partial charge is 0.398 e. The Balaban J connectivity index is 2.13. The number of aliphatic hydroxyl groups excluding tert-OH is 1. The van der Waals surface area contributed by atoms with Gasteiger partial charge in [0.25, 0.3) is 5.56 Å². The Kier molecular flexibility index (Phi) is 3.90. The lowest BCUT2D eigenvalue weighted by Crippen LogP contribution is -2.42. The van der Waals surface area contributed by atoms with Crippen LogP contribution < -0.4 is 11.3 Å². The Bertz CT molecular complexity index is 526. The molecular weight excluding hydrogens is 246 g/mol. The highest BCUT2D eigenvalue weighted by Gasteiger charge is 2.33. The molecule has 104 valence electrons. The first-order chi connectivity index (χ1) is 9.02. The van der Waals surface area contributed by atoms with Crippen LogP contribution in [0.3, 0.4) is 0 Å². The van der Waals surface area contributed by atoms with Gasteiger partial charge in [0.1, 0.15) is 6.54 Å². The van der Waals surface area contributed by atoms with E-state index in [1.807, 2.05) is 6.92 Å². The third kappa shape index (κ3) is 2.78. The highest BCUT2D eigenvalue weighted by atomic mass is 16.3. The summed E-state index contributed by atoms with van der Waals surface area (Å²) in [6, 6.07) is 2.71. The van der Waals surface area contributed by atoms with Crippen molar-refractivity contribution < 1.29 is 9.90 Å². The molecule has 3 N–H and O–H groups in total. The molecule has 1 aliphatic heterocycles. The average Bonchev–Trinajstić information content (AvgIpc) is 2.75. The van der Waals surface area contributed by atoms with E-state index in [-0.39, 0.29) is 36.6 Å². The molecule has 0 spiro atoms. The lowest BCUT2D eigenvalue weighted by Gasteiger charge is -2.25. The number of aromatic nitrogens is 1. The molecule has 19 heavy (non-hydrogen) atoms. The Morgan fingerprint density at radius 2 is 2.26 bits per heavy atom. The van der Waals surface area contributed by atoms with Crippen molar-refractivity contribution in [2.75, 3.05) is 18.9 Å². The Morgan fingerprint density at radius 1 is 1.53 bits per heavy atom. The van der Waals surface area contributed by atoms with E-state index in [0.717, 1.165) is 6.42 Å². The van der Waals surface area contributed by atoms with E-state index >= 15 is 0 Å². The van der Waals surface area contributed by atoms with Gasteiger partial charge in [-0.1, -0.05) is 6.92 Å². The van der Waals surface area contributed by atoms with Crippen molar-refractivity contribution in [2.45, 2.75) is 25.9 Å². The Labute approximate surface area is 111 Å². The molecule has 1 aromatic heterocycles. The summed E-state index contributed by atoms with van der Waals surface area (Å²) >= 11 is 0. The highest BCUT2D eigenvalue weighted by Crippen LogP contribution is 2.23. The number of nitrogen functional groups attached to an aromatic ring is 1. The third-order valence-corrected chi connectivity index (χ3v) is 3.70. The summed E-state index contributed by atoms with van der Waals surface area (Å²) in [7, 11) is 0. The van der Waals surface area contributed by atoms with Crippen molar-refractivity contribution in [1.29, 1.82) is 0 Å². The zero-order chi connectivity index (χ0) is 14.0. The molecule has 2 rings (SSSR count). The molecule has 1 aliphatic rings. The Morgan fingerprint density at radius 3 is 2.95 bits per heavy atom. The Hall–Kier alpha value is -1.82. The van der Waals surface area contributed by atoms with E-state index in [4.69, 9.17) is 5.73 Å². The normalized spacial score (nSPS) is 22.7. The number of anilines is 1. The van der Waals surface area contributed by atoms with Gasteiger partial charge in [0.15, 0.2) is 0 Å². The van der Waals surface area contributed by atoms with Gasteiger partial charge in [0.2, 0.25) is 5.91 Å². The number of amides is 1. The third-order valence-electron chi connectivity index (χ3n) is 3.70. The van der Waals surface area contributed by atoms with E-state index < -0.39 is 0 Å². The van der Waals surface area contributed by atoms with E-state index in [1.165, 1.54) is 22.9 Å². The molecule has 2 heterocycles. The maximum absolute atomic E-state index is 12.2. The average molecular weight is 265 g/mol. The number of hydrogen-bond acceptors (Lipinski definition) is 4. The number of hydrogen-bond donors (Lipinski definition) is 2. The van der Waals surface area contributed by atoms with Crippen LogP contribution in [-0.4, -0.2) is 39.7 Å². The van der Waals surface area contributed by atoms with Gasteiger partial charge in [-0.05, 0) is 18.4 Å². The smallest absolute Gasteiger partial charge is 0.251 e. The van der Waals surface area contributed by atoms with Crippen LogP contribution in [0.5, 0.6) is 0 Å². The summed E-state index contributed by atoms with van der Waals surface area (Å²) < 4.78 is 1.30. The van der Waals surface area contributed by atoms with Crippen molar-refractivity contribution in [3.05, 3.63) is 28.7 Å². The molecular formula is C13H19N3O3. The standard InChI is InChI=1S/C13H19N3O3/c1-9-4-5-16(11(9)8-17)13(19)7-15-6-10(14)2-3-12(15)18/h2-3,6,9,11,17H,4-5,7-8,14H2,1H3. The summed E-state index contributed by atoms with van der Waals surface area (Å²) in [5, 5.41) is 9.34. The first-order valence-electron chi connectivity index (χ1n) is 6.39. The molecule has 0 radical (unpaired) electrons. The quantitative estimate of drug-likeness (QED) is 0.782. The zero-order valence-corrected chi connectivity index (χ0v) is 11.0. The molecule has 2 atom stereocenters. The van der Waals surface area contributed by atoms with Crippen LogP contribution in [-0.2, 0) is 11.3 Å². The molecule has 6 nitrogen and oxygen atoms in total. The van der Waals surface area contributed by atoms with Gasteiger partial charge < -0.3 is 20.3 Å². The van der Waals surface area contributed by atoms with Gasteiger partial charge in [-0.2, -0.15) is 0 Å². The summed E-state index contributed by atoms with van der Waals surface area (Å²) in [6.07, 6.45) is 2.34. The molecule has 1 fully saturated rings. The predicted octanol–water partition coefficient (Wildman–Crippen LogP) is -0.340. The number of carbonyl (C=O) groups excluding carboxylic acids is 1. The fourth-order valence-corrected chi connectivity index (χ4v) is 2.51. The van der Waals surface area contributed by atoms with Crippen molar-refractivity contribution >= 4 is 11.6 Å². The molecule has 1 amide bonds. The topological polar surface area (TPSA) is 88.6 Å². The lowest BCUT2D eigenvalue weighted by atomic mass is 10.0. The molecule has 1 saturated heterocycles. The van der Waals surface area contributed by atoms with Crippen LogP contribution in [0.4, 0.5) is 5.69 Å². The minimum Gasteiger partial charge on any atom is -0.398 e. The van der Waals surface area contributed by atoms with Crippen molar-refractivity contribution in [2.24, 2.45) is 5.92 Å². The second-order valence-corrected chi connectivity index (χ2v) is 5.03. The number of carbonyl (C=O) groups is 1. The van der Waals surface area contributed by atoms with Crippen LogP contribution in [0.2, 0.25) is 0 Å². The fourth-order valence-electron chi connectivity index (χ4n) is 2.51. The van der Waals surface area contributed by atoms with Gasteiger partial charge in [-0.15, -0.1) is 0 Å². The van der Waals surface area contributed by atoms with Gasteiger partial charge in [0, 0.05) is 24.5 Å². The minimum atomic E-state index is -0.254. The van der Waals surface area contributed by atoms with E-state index in [9.17, 15) is 14.7 Å². The number of rotatable bonds is 3. The minimum absolute atomic E-state index is 0.0346. The lowest BCUT2D eigenvalue weighted by molar-refractivity contribution is -0.133. The molecule has 0 aliphatic carbocycles. The van der Waals surface area contributed by atoms with Crippen molar-refractivity contribution in [1.82, 2.24) is 9.47 Å². The van der Waals surface area contributed by atoms with Crippen molar-refractivity contribution in [3.63, 3.8) is 0 Å². The van der Waals surface area contributed by atoms with Crippen LogP contribution in [0, 0.1) is 5.92 Å². The number of pyridine rings is 1. The molecule has 1 aromatic rings. The van der Waals surface area contributed by atoms with Crippen molar-refractivity contribution in [3.8, 4) is 0 Å². The van der Waals surface area contributed by atoms with Crippen LogP contribution in [0.15, 0.2) is 23.1 Å². The summed E-state index contributed by atoms with van der Waals surface area (Å²) in [5.41, 5.74) is 5.80. The molecule has 0 saturated carbocycles. The van der Waals surface area contributed by atoms with E-state index in [1.54, 1.807) is 4.90 Å². The van der Waals surface area contributed by atoms with Crippen LogP contribution >= 0.6 is 0 Å². The maximum Gasteiger partial charge on any atom is 0.251 e. The molecule has 0 aromatic carbocycles. The number of nitrogens with zero attached hydrogens (tertiary/aromatic N) is 2. The number of likely N-dealkylation sites (tertiary alicyclic amines) is 1. The van der Waals surface area contributed by atoms with Gasteiger partial charge in [-0.3, -0.25) is 9.59 Å².